The zero-order valence-electron chi connectivity index (χ0n) is 14.2. The smallest absolute Gasteiger partial charge is 0.246 e. The van der Waals surface area contributed by atoms with Crippen molar-refractivity contribution in [3.05, 3.63) is 22.7 Å². The standard InChI is InChI=1S/C16H23ClN2O4S/c1-4-16(20)18-6-5-7-19(9-8-18)24(21,22)15-11-13(17)12(2)10-14(15)23-3/h10-11H,4-9H2,1-3H3. The summed E-state index contributed by atoms with van der Waals surface area (Å²) < 4.78 is 32.7. The minimum atomic E-state index is -3.74. The second-order valence-electron chi connectivity index (χ2n) is 5.74. The van der Waals surface area contributed by atoms with Gasteiger partial charge >= 0.3 is 0 Å². The zero-order valence-corrected chi connectivity index (χ0v) is 15.8. The SMILES string of the molecule is CCC(=O)N1CCCN(S(=O)(=O)c2cc(Cl)c(C)cc2OC)CC1. The molecule has 1 aliphatic rings. The normalized spacial score (nSPS) is 16.8. The molecule has 0 saturated carbocycles. The zero-order chi connectivity index (χ0) is 17.9. The highest BCUT2D eigenvalue weighted by Crippen LogP contribution is 2.32. The van der Waals surface area contributed by atoms with E-state index in [1.807, 2.05) is 0 Å². The van der Waals surface area contributed by atoms with Crippen molar-refractivity contribution in [2.75, 3.05) is 33.3 Å². The van der Waals surface area contributed by atoms with Crippen molar-refractivity contribution in [1.82, 2.24) is 9.21 Å². The Bertz CT molecular complexity index is 721. The van der Waals surface area contributed by atoms with Crippen LogP contribution in [0.3, 0.4) is 0 Å². The molecule has 1 saturated heterocycles. The molecule has 1 aromatic rings. The summed E-state index contributed by atoms with van der Waals surface area (Å²) in [6, 6.07) is 3.06. The number of aryl methyl sites for hydroxylation is 1. The number of nitrogens with zero attached hydrogens (tertiary/aromatic N) is 2. The molecule has 1 fully saturated rings. The lowest BCUT2D eigenvalue weighted by Crippen LogP contribution is -2.37. The van der Waals surface area contributed by atoms with Crippen LogP contribution in [0.5, 0.6) is 5.75 Å². The predicted molar refractivity (Wildman–Crippen MR) is 93.0 cm³/mol. The molecule has 6 nitrogen and oxygen atoms in total. The summed E-state index contributed by atoms with van der Waals surface area (Å²) in [4.78, 5) is 13.6. The number of sulfonamides is 1. The van der Waals surface area contributed by atoms with Crippen LogP contribution in [-0.4, -0.2) is 56.8 Å². The van der Waals surface area contributed by atoms with Gasteiger partial charge in [0, 0.05) is 37.6 Å². The Morgan fingerprint density at radius 1 is 1.25 bits per heavy atom. The Labute approximate surface area is 148 Å². The number of benzene rings is 1. The fourth-order valence-electron chi connectivity index (χ4n) is 2.74. The minimum Gasteiger partial charge on any atom is -0.495 e. The molecular weight excluding hydrogens is 352 g/mol. The van der Waals surface area contributed by atoms with Crippen molar-refractivity contribution >= 4 is 27.5 Å². The third-order valence-electron chi connectivity index (χ3n) is 4.17. The van der Waals surface area contributed by atoms with E-state index in [0.717, 1.165) is 5.56 Å². The van der Waals surface area contributed by atoms with Gasteiger partial charge in [0.1, 0.15) is 10.6 Å². The average Bonchev–Trinajstić information content (AvgIpc) is 2.82. The van der Waals surface area contributed by atoms with Crippen LogP contribution in [0.25, 0.3) is 0 Å². The first-order valence-electron chi connectivity index (χ1n) is 7.93. The Balaban J connectivity index is 2.31. The van der Waals surface area contributed by atoms with E-state index in [-0.39, 0.29) is 23.1 Å². The number of methoxy groups -OCH3 is 1. The summed E-state index contributed by atoms with van der Waals surface area (Å²) in [6.45, 7) is 5.20. The van der Waals surface area contributed by atoms with Gasteiger partial charge in [-0.25, -0.2) is 8.42 Å². The molecule has 0 N–H and O–H groups in total. The molecule has 134 valence electrons. The van der Waals surface area contributed by atoms with Gasteiger partial charge in [0.05, 0.1) is 7.11 Å². The molecule has 1 aromatic carbocycles. The van der Waals surface area contributed by atoms with Gasteiger partial charge in [0.25, 0.3) is 0 Å². The van der Waals surface area contributed by atoms with Gasteiger partial charge in [-0.15, -0.1) is 0 Å². The van der Waals surface area contributed by atoms with Gasteiger partial charge in [-0.2, -0.15) is 4.31 Å². The maximum atomic E-state index is 13.0. The second kappa shape index (κ2) is 7.72. The summed E-state index contributed by atoms with van der Waals surface area (Å²) in [5.74, 6) is 0.327. The van der Waals surface area contributed by atoms with E-state index in [9.17, 15) is 13.2 Å². The molecule has 0 radical (unpaired) electrons. The van der Waals surface area contributed by atoms with Gasteiger partial charge in [-0.05, 0) is 31.0 Å². The second-order valence-corrected chi connectivity index (χ2v) is 8.06. The van der Waals surface area contributed by atoms with Crippen LogP contribution in [-0.2, 0) is 14.8 Å². The highest BCUT2D eigenvalue weighted by Gasteiger charge is 2.30. The number of amides is 1. The first-order valence-corrected chi connectivity index (χ1v) is 9.75. The Hall–Kier alpha value is -1.31. The van der Waals surface area contributed by atoms with Gasteiger partial charge in [0.15, 0.2) is 0 Å². The summed E-state index contributed by atoms with van der Waals surface area (Å²) in [5, 5.41) is 0.381. The van der Waals surface area contributed by atoms with E-state index in [4.69, 9.17) is 16.3 Å². The molecule has 0 atom stereocenters. The molecule has 2 rings (SSSR count). The summed E-state index contributed by atoms with van der Waals surface area (Å²) in [7, 11) is -2.30. The van der Waals surface area contributed by atoms with Crippen LogP contribution < -0.4 is 4.74 Å². The molecule has 1 amide bonds. The molecular formula is C16H23ClN2O4S. The van der Waals surface area contributed by atoms with Gasteiger partial charge < -0.3 is 9.64 Å². The number of hydrogen-bond acceptors (Lipinski definition) is 4. The molecule has 0 aliphatic carbocycles. The van der Waals surface area contributed by atoms with E-state index in [1.54, 1.807) is 24.8 Å². The van der Waals surface area contributed by atoms with Gasteiger partial charge in [-0.3, -0.25) is 4.79 Å². The monoisotopic (exact) mass is 374 g/mol. The molecule has 0 bridgehead atoms. The fourth-order valence-corrected chi connectivity index (χ4v) is 4.61. The molecule has 0 aromatic heterocycles. The minimum absolute atomic E-state index is 0.0465. The van der Waals surface area contributed by atoms with Crippen molar-refractivity contribution < 1.29 is 17.9 Å². The van der Waals surface area contributed by atoms with Gasteiger partial charge in [0.2, 0.25) is 15.9 Å². The lowest BCUT2D eigenvalue weighted by molar-refractivity contribution is -0.130. The molecule has 8 heteroatoms. The summed E-state index contributed by atoms with van der Waals surface area (Å²) in [6.07, 6.45) is 1.03. The fraction of sp³-hybridized carbons (Fsp3) is 0.562. The lowest BCUT2D eigenvalue weighted by atomic mass is 10.2. The summed E-state index contributed by atoms with van der Waals surface area (Å²) in [5.41, 5.74) is 0.753. The van der Waals surface area contributed by atoms with Crippen LogP contribution in [0.15, 0.2) is 17.0 Å². The molecule has 1 aliphatic heterocycles. The molecule has 0 unspecified atom stereocenters. The summed E-state index contributed by atoms with van der Waals surface area (Å²) >= 11 is 6.11. The van der Waals surface area contributed by atoms with Crippen molar-refractivity contribution in [3.63, 3.8) is 0 Å². The maximum Gasteiger partial charge on any atom is 0.246 e. The molecule has 0 spiro atoms. The number of halogens is 1. The van der Waals surface area contributed by atoms with Crippen LogP contribution in [0.1, 0.15) is 25.3 Å². The Morgan fingerprint density at radius 3 is 2.58 bits per heavy atom. The number of ether oxygens (including phenoxy) is 1. The third-order valence-corrected chi connectivity index (χ3v) is 6.50. The van der Waals surface area contributed by atoms with Crippen molar-refractivity contribution in [2.24, 2.45) is 0 Å². The van der Waals surface area contributed by atoms with Gasteiger partial charge in [-0.1, -0.05) is 18.5 Å². The first-order chi connectivity index (χ1) is 11.3. The number of rotatable bonds is 4. The molecule has 1 heterocycles. The van der Waals surface area contributed by atoms with Crippen LogP contribution in [0.4, 0.5) is 0 Å². The van der Waals surface area contributed by atoms with Crippen molar-refractivity contribution in [3.8, 4) is 5.75 Å². The highest BCUT2D eigenvalue weighted by molar-refractivity contribution is 7.89. The van der Waals surface area contributed by atoms with E-state index >= 15 is 0 Å². The van der Waals surface area contributed by atoms with Crippen LogP contribution >= 0.6 is 11.6 Å². The number of hydrogen-bond donors (Lipinski definition) is 0. The largest absolute Gasteiger partial charge is 0.495 e. The third kappa shape index (κ3) is 3.84. The predicted octanol–water partition coefficient (Wildman–Crippen LogP) is 2.29. The van der Waals surface area contributed by atoms with E-state index in [2.05, 4.69) is 0 Å². The molecule has 24 heavy (non-hydrogen) atoms. The lowest BCUT2D eigenvalue weighted by Gasteiger charge is -2.22. The highest BCUT2D eigenvalue weighted by atomic mass is 35.5. The van der Waals surface area contributed by atoms with Crippen molar-refractivity contribution in [2.45, 2.75) is 31.6 Å². The average molecular weight is 375 g/mol. The Kier molecular flexibility index (Phi) is 6.11. The topological polar surface area (TPSA) is 66.9 Å². The maximum absolute atomic E-state index is 13.0. The van der Waals surface area contributed by atoms with Crippen LogP contribution in [0, 0.1) is 6.92 Å². The quantitative estimate of drug-likeness (QED) is 0.811. The first kappa shape index (κ1) is 19.0. The van der Waals surface area contributed by atoms with E-state index in [1.165, 1.54) is 17.5 Å². The van der Waals surface area contributed by atoms with Crippen LogP contribution in [0.2, 0.25) is 5.02 Å². The van der Waals surface area contributed by atoms with E-state index < -0.39 is 10.0 Å². The number of carbonyl (C=O) groups is 1. The van der Waals surface area contributed by atoms with Crippen molar-refractivity contribution in [1.29, 1.82) is 0 Å². The number of carbonyl (C=O) groups excluding carboxylic acids is 1. The Morgan fingerprint density at radius 2 is 1.96 bits per heavy atom. The van der Waals surface area contributed by atoms with E-state index in [0.29, 0.717) is 37.5 Å².